The monoisotopic (exact) mass is 683 g/mol. The largest absolute Gasteiger partial charge is 0.352 e. The van der Waals surface area contributed by atoms with E-state index in [0.29, 0.717) is 15.6 Å². The summed E-state index contributed by atoms with van der Waals surface area (Å²) in [4.78, 5) is 28.9. The molecule has 0 aromatic heterocycles. The van der Waals surface area contributed by atoms with Crippen LogP contribution in [0.4, 0.5) is 5.69 Å². The topological polar surface area (TPSA) is 86.8 Å². The van der Waals surface area contributed by atoms with Gasteiger partial charge < -0.3 is 10.2 Å². The summed E-state index contributed by atoms with van der Waals surface area (Å²) in [5, 5.41) is 3.82. The molecular formula is C31H33Cl4N3O4S. The van der Waals surface area contributed by atoms with Gasteiger partial charge in [0, 0.05) is 12.6 Å². The second-order valence-electron chi connectivity index (χ2n) is 10.7. The molecule has 4 rings (SSSR count). The number of carbonyl (C=O) groups is 2. The molecule has 0 radical (unpaired) electrons. The van der Waals surface area contributed by atoms with Crippen LogP contribution in [0.3, 0.4) is 0 Å². The molecule has 0 aliphatic heterocycles. The van der Waals surface area contributed by atoms with E-state index in [2.05, 4.69) is 5.32 Å². The average molecular weight is 686 g/mol. The molecule has 2 amide bonds. The third-order valence-electron chi connectivity index (χ3n) is 7.54. The summed E-state index contributed by atoms with van der Waals surface area (Å²) in [6.45, 7) is 2.81. The molecule has 0 heterocycles. The van der Waals surface area contributed by atoms with Gasteiger partial charge in [-0.15, -0.1) is 0 Å². The van der Waals surface area contributed by atoms with Crippen LogP contribution in [0.5, 0.6) is 0 Å². The van der Waals surface area contributed by atoms with E-state index in [1.165, 1.54) is 29.2 Å². The number of hydrogen-bond donors (Lipinski definition) is 1. The number of nitrogens with one attached hydrogen (secondary N) is 1. The van der Waals surface area contributed by atoms with E-state index in [1.54, 1.807) is 43.3 Å². The van der Waals surface area contributed by atoms with Crippen molar-refractivity contribution in [3.05, 3.63) is 91.9 Å². The van der Waals surface area contributed by atoms with Gasteiger partial charge in [0.15, 0.2) is 0 Å². The summed E-state index contributed by atoms with van der Waals surface area (Å²) in [6, 6.07) is 14.9. The van der Waals surface area contributed by atoms with Gasteiger partial charge >= 0.3 is 0 Å². The molecule has 230 valence electrons. The maximum absolute atomic E-state index is 14.2. The van der Waals surface area contributed by atoms with Crippen LogP contribution in [-0.2, 0) is 26.2 Å². The van der Waals surface area contributed by atoms with Crippen molar-refractivity contribution in [1.29, 1.82) is 0 Å². The van der Waals surface area contributed by atoms with E-state index in [4.69, 9.17) is 46.4 Å². The van der Waals surface area contributed by atoms with Crippen molar-refractivity contribution in [2.45, 2.75) is 69.5 Å². The molecule has 43 heavy (non-hydrogen) atoms. The Bertz CT molecular complexity index is 1580. The lowest BCUT2D eigenvalue weighted by molar-refractivity contribution is -0.139. The molecule has 0 spiro atoms. The average Bonchev–Trinajstić information content (AvgIpc) is 2.98. The smallest absolute Gasteiger partial charge is 0.264 e. The molecule has 1 unspecified atom stereocenters. The molecule has 1 fully saturated rings. The van der Waals surface area contributed by atoms with Gasteiger partial charge in [-0.2, -0.15) is 0 Å². The zero-order valence-electron chi connectivity index (χ0n) is 23.8. The molecule has 3 aromatic rings. The fourth-order valence-corrected chi connectivity index (χ4v) is 7.22. The van der Waals surface area contributed by atoms with E-state index in [9.17, 15) is 18.0 Å². The van der Waals surface area contributed by atoms with Crippen LogP contribution in [0.2, 0.25) is 20.1 Å². The molecule has 1 atom stereocenters. The zero-order valence-corrected chi connectivity index (χ0v) is 27.7. The van der Waals surface area contributed by atoms with E-state index in [-0.39, 0.29) is 39.1 Å². The quantitative estimate of drug-likeness (QED) is 0.238. The highest BCUT2D eigenvalue weighted by Crippen LogP contribution is 2.36. The normalized spacial score (nSPS) is 14.7. The van der Waals surface area contributed by atoms with E-state index in [0.717, 1.165) is 42.0 Å². The fraction of sp³-hybridized carbons (Fsp3) is 0.355. The summed E-state index contributed by atoms with van der Waals surface area (Å²) in [7, 11) is -4.29. The Morgan fingerprint density at radius 3 is 2.23 bits per heavy atom. The number of sulfonamides is 1. The summed E-state index contributed by atoms with van der Waals surface area (Å²) < 4.78 is 29.0. The lowest BCUT2D eigenvalue weighted by Gasteiger charge is -2.33. The van der Waals surface area contributed by atoms with Crippen molar-refractivity contribution < 1.29 is 18.0 Å². The maximum atomic E-state index is 14.2. The number of benzene rings is 3. The Labute approximate surface area is 273 Å². The summed E-state index contributed by atoms with van der Waals surface area (Å²) in [5.41, 5.74) is 1.53. The van der Waals surface area contributed by atoms with Gasteiger partial charge in [0.25, 0.3) is 10.0 Å². The molecule has 0 bridgehead atoms. The maximum Gasteiger partial charge on any atom is 0.264 e. The molecule has 1 aliphatic carbocycles. The van der Waals surface area contributed by atoms with Crippen molar-refractivity contribution in [2.75, 3.05) is 10.8 Å². The predicted molar refractivity (Wildman–Crippen MR) is 174 cm³/mol. The number of halogens is 4. The van der Waals surface area contributed by atoms with Crippen LogP contribution in [0.25, 0.3) is 0 Å². The van der Waals surface area contributed by atoms with Crippen LogP contribution in [0.1, 0.15) is 50.2 Å². The second-order valence-corrected chi connectivity index (χ2v) is 14.1. The number of carbonyl (C=O) groups excluding carboxylic acids is 2. The highest BCUT2D eigenvalue weighted by Gasteiger charge is 2.34. The lowest BCUT2D eigenvalue weighted by atomic mass is 9.95. The number of nitrogens with zero attached hydrogens (tertiary/aromatic N) is 2. The highest BCUT2D eigenvalue weighted by molar-refractivity contribution is 7.92. The first kappa shape index (κ1) is 33.4. The van der Waals surface area contributed by atoms with E-state index < -0.39 is 28.5 Å². The molecular weight excluding hydrogens is 652 g/mol. The Balaban J connectivity index is 1.72. The number of amides is 2. The lowest BCUT2D eigenvalue weighted by Crippen LogP contribution is -2.53. The van der Waals surface area contributed by atoms with Gasteiger partial charge in [0.2, 0.25) is 11.8 Å². The third kappa shape index (κ3) is 8.17. The van der Waals surface area contributed by atoms with Gasteiger partial charge in [-0.1, -0.05) is 95.5 Å². The van der Waals surface area contributed by atoms with Crippen molar-refractivity contribution >= 4 is 73.9 Å². The molecule has 3 aromatic carbocycles. The zero-order chi connectivity index (χ0) is 31.3. The van der Waals surface area contributed by atoms with Gasteiger partial charge in [0.05, 0.1) is 30.7 Å². The van der Waals surface area contributed by atoms with Gasteiger partial charge in [-0.05, 0) is 68.7 Å². The van der Waals surface area contributed by atoms with Crippen LogP contribution < -0.4 is 9.62 Å². The Kier molecular flexibility index (Phi) is 11.3. The minimum atomic E-state index is -4.29. The molecule has 0 saturated heterocycles. The van der Waals surface area contributed by atoms with Crippen molar-refractivity contribution in [3.8, 4) is 0 Å². The molecule has 12 heteroatoms. The van der Waals surface area contributed by atoms with Crippen LogP contribution >= 0.6 is 46.4 Å². The van der Waals surface area contributed by atoms with E-state index >= 15 is 0 Å². The first-order chi connectivity index (χ1) is 20.4. The van der Waals surface area contributed by atoms with Gasteiger partial charge in [0.1, 0.15) is 12.6 Å². The number of aryl methyl sites for hydroxylation is 1. The Hall–Kier alpha value is -2.49. The SMILES string of the molecule is Cc1ccc(S(=O)(=O)N(CC(=O)N(Cc2ccc(Cl)c(Cl)c2)C(C)C(=O)NC2CCCCC2)c2cccc(Cl)c2Cl)cc1. The summed E-state index contributed by atoms with van der Waals surface area (Å²) in [6.07, 6.45) is 4.92. The third-order valence-corrected chi connectivity index (χ3v) is 10.9. The Morgan fingerprint density at radius 2 is 1.58 bits per heavy atom. The highest BCUT2D eigenvalue weighted by atomic mass is 35.5. The molecule has 1 saturated carbocycles. The van der Waals surface area contributed by atoms with Crippen LogP contribution in [-0.4, -0.2) is 43.8 Å². The van der Waals surface area contributed by atoms with Crippen molar-refractivity contribution in [1.82, 2.24) is 10.2 Å². The van der Waals surface area contributed by atoms with Crippen LogP contribution in [0.15, 0.2) is 65.6 Å². The van der Waals surface area contributed by atoms with E-state index in [1.807, 2.05) is 6.92 Å². The fourth-order valence-electron chi connectivity index (χ4n) is 5.02. The van der Waals surface area contributed by atoms with Crippen molar-refractivity contribution in [3.63, 3.8) is 0 Å². The van der Waals surface area contributed by atoms with Gasteiger partial charge in [-0.25, -0.2) is 8.42 Å². The second kappa shape index (κ2) is 14.5. The molecule has 1 N–H and O–H groups in total. The first-order valence-corrected chi connectivity index (χ1v) is 16.9. The minimum Gasteiger partial charge on any atom is -0.352 e. The van der Waals surface area contributed by atoms with Crippen molar-refractivity contribution in [2.24, 2.45) is 0 Å². The molecule has 7 nitrogen and oxygen atoms in total. The minimum absolute atomic E-state index is 0.0172. The number of anilines is 1. The Morgan fingerprint density at radius 1 is 0.907 bits per heavy atom. The first-order valence-electron chi connectivity index (χ1n) is 14.0. The van der Waals surface area contributed by atoms with Gasteiger partial charge in [-0.3, -0.25) is 13.9 Å². The van der Waals surface area contributed by atoms with Crippen LogP contribution in [0, 0.1) is 6.92 Å². The molecule has 1 aliphatic rings. The number of hydrogen-bond acceptors (Lipinski definition) is 4. The number of rotatable bonds is 10. The summed E-state index contributed by atoms with van der Waals surface area (Å²) in [5.74, 6) is -0.946. The summed E-state index contributed by atoms with van der Waals surface area (Å²) >= 11 is 25.1. The predicted octanol–water partition coefficient (Wildman–Crippen LogP) is 7.67. The standard InChI is InChI=1S/C31H33Cl4N3O4S/c1-20-11-14-24(15-12-20)43(41,42)38(28-10-6-9-26(33)30(28)35)19-29(39)37(18-22-13-16-25(32)27(34)17-22)21(2)31(40)36-23-7-4-3-5-8-23/h6,9-17,21,23H,3-5,7-8,18-19H2,1-2H3,(H,36,40).